The van der Waals surface area contributed by atoms with E-state index in [1.165, 1.54) is 31.5 Å². The number of rotatable bonds is 9. The minimum atomic E-state index is -0.216. The lowest BCUT2D eigenvalue weighted by atomic mass is 10.1. The van der Waals surface area contributed by atoms with Crippen LogP contribution in [0.4, 0.5) is 11.5 Å². The number of aromatic nitrogens is 5. The summed E-state index contributed by atoms with van der Waals surface area (Å²) >= 11 is 0. The van der Waals surface area contributed by atoms with Crippen LogP contribution in [0.25, 0.3) is 22.6 Å². The van der Waals surface area contributed by atoms with Crippen molar-refractivity contribution in [3.05, 3.63) is 71.9 Å². The number of carbonyl (C=O) groups is 1. The Kier molecular flexibility index (Phi) is 7.11. The van der Waals surface area contributed by atoms with Crippen LogP contribution in [-0.2, 0) is 13.0 Å². The highest BCUT2D eigenvalue weighted by Crippen LogP contribution is 2.29. The van der Waals surface area contributed by atoms with Gasteiger partial charge in [0.1, 0.15) is 11.3 Å². The van der Waals surface area contributed by atoms with Crippen LogP contribution < -0.4 is 15.8 Å². The Morgan fingerprint density at radius 2 is 1.93 bits per heavy atom. The van der Waals surface area contributed by atoms with Gasteiger partial charge in [0, 0.05) is 30.4 Å². The fraction of sp³-hybridized carbons (Fsp3) is 0.276. The number of nitrogens with zero attached hydrogens (tertiary/aromatic N) is 6. The monoisotopic (exact) mass is 538 g/mol. The predicted octanol–water partition coefficient (Wildman–Crippen LogP) is 4.77. The van der Waals surface area contributed by atoms with E-state index in [1.54, 1.807) is 36.5 Å². The molecule has 2 aromatic carbocycles. The predicted molar refractivity (Wildman–Crippen MR) is 151 cm³/mol. The number of pyridine rings is 1. The molecule has 40 heavy (non-hydrogen) atoms. The molecule has 1 amide bonds. The lowest BCUT2D eigenvalue weighted by Crippen LogP contribution is -2.21. The quantitative estimate of drug-likeness (QED) is 0.272. The molecule has 1 aliphatic rings. The fourth-order valence-electron chi connectivity index (χ4n) is 4.99. The van der Waals surface area contributed by atoms with Crippen LogP contribution in [0.5, 0.6) is 11.6 Å². The number of benzene rings is 2. The molecule has 0 aliphatic carbocycles. The zero-order valence-electron chi connectivity index (χ0n) is 22.2. The Morgan fingerprint density at radius 1 is 1.10 bits per heavy atom. The Hall–Kier alpha value is -4.77. The molecule has 0 atom stereocenters. The zero-order chi connectivity index (χ0) is 27.5. The maximum atomic E-state index is 13.0. The Bertz CT molecular complexity index is 1640. The summed E-state index contributed by atoms with van der Waals surface area (Å²) in [7, 11) is 0. The summed E-state index contributed by atoms with van der Waals surface area (Å²) in [6, 6.07) is 16.8. The third-order valence-electron chi connectivity index (χ3n) is 7.10. The Labute approximate surface area is 230 Å². The largest absolute Gasteiger partial charge is 0.439 e. The molecular weight excluding hydrogens is 508 g/mol. The van der Waals surface area contributed by atoms with Crippen molar-refractivity contribution in [1.29, 1.82) is 0 Å². The summed E-state index contributed by atoms with van der Waals surface area (Å²) in [5.41, 5.74) is 10.2. The third-order valence-corrected chi connectivity index (χ3v) is 7.10. The molecule has 0 bridgehead atoms. The van der Waals surface area contributed by atoms with Crippen LogP contribution in [0.2, 0.25) is 0 Å². The van der Waals surface area contributed by atoms with Gasteiger partial charge in [0.25, 0.3) is 5.91 Å². The first-order valence-electron chi connectivity index (χ1n) is 13.4. The highest BCUT2D eigenvalue weighted by atomic mass is 16.6. The highest BCUT2D eigenvalue weighted by molar-refractivity contribution is 6.04. The van der Waals surface area contributed by atoms with Crippen LogP contribution >= 0.6 is 0 Å². The molecule has 11 nitrogen and oxygen atoms in total. The van der Waals surface area contributed by atoms with Crippen molar-refractivity contribution in [2.24, 2.45) is 0 Å². The summed E-state index contributed by atoms with van der Waals surface area (Å²) in [5, 5.41) is 10.5. The van der Waals surface area contributed by atoms with E-state index in [2.05, 4.69) is 42.6 Å². The summed E-state index contributed by atoms with van der Waals surface area (Å²) in [4.78, 5) is 24.5. The third kappa shape index (κ3) is 5.36. The minimum absolute atomic E-state index is 0.165. The molecule has 6 rings (SSSR count). The fourth-order valence-corrected chi connectivity index (χ4v) is 4.99. The van der Waals surface area contributed by atoms with E-state index < -0.39 is 0 Å². The van der Waals surface area contributed by atoms with Gasteiger partial charge in [-0.3, -0.25) is 4.79 Å². The molecule has 3 N–H and O–H groups in total. The first-order chi connectivity index (χ1) is 19.6. The van der Waals surface area contributed by atoms with Crippen molar-refractivity contribution >= 4 is 28.4 Å². The molecule has 5 aromatic rings. The van der Waals surface area contributed by atoms with Crippen molar-refractivity contribution in [3.63, 3.8) is 0 Å². The van der Waals surface area contributed by atoms with E-state index in [0.717, 1.165) is 24.2 Å². The number of nitrogens with two attached hydrogens (primary N) is 1. The van der Waals surface area contributed by atoms with E-state index >= 15 is 0 Å². The molecular formula is C29H30N8O3. The van der Waals surface area contributed by atoms with Gasteiger partial charge >= 0.3 is 0 Å². The number of carbonyl (C=O) groups excluding carboxylic acids is 1. The maximum Gasteiger partial charge on any atom is 0.255 e. The second-order valence-corrected chi connectivity index (χ2v) is 9.77. The van der Waals surface area contributed by atoms with E-state index in [9.17, 15) is 4.79 Å². The van der Waals surface area contributed by atoms with Gasteiger partial charge in [-0.2, -0.15) is 0 Å². The number of anilines is 2. The van der Waals surface area contributed by atoms with Gasteiger partial charge < -0.3 is 25.3 Å². The average Bonchev–Trinajstić information content (AvgIpc) is 3.72. The molecule has 3 aromatic heterocycles. The topological polar surface area (TPSA) is 137 Å². The van der Waals surface area contributed by atoms with Crippen molar-refractivity contribution < 1.29 is 14.2 Å². The number of nitrogen functional groups attached to an aromatic ring is 1. The number of imidazole rings is 1. The standard InChI is InChI=1S/C29H30N8O3/c1-2-37-24-17-25(31-18-23(24)33-28(37)26-27(30)35-40-34-26)39-22-7-5-6-20(16-22)29(38)32-21-10-8-19(9-11-21)12-15-36-13-3-4-14-36/h5-11,16-18H,2-4,12-15H2,1H3,(H2,30,35)(H,32,38). The minimum Gasteiger partial charge on any atom is -0.439 e. The van der Waals surface area contributed by atoms with Gasteiger partial charge in [-0.05, 0) is 85.5 Å². The summed E-state index contributed by atoms with van der Waals surface area (Å²) in [5.74, 6) is 1.34. The van der Waals surface area contributed by atoms with Crippen LogP contribution in [-0.4, -0.2) is 55.3 Å². The molecule has 1 fully saturated rings. The number of nitrogens with one attached hydrogen (secondary N) is 1. The Morgan fingerprint density at radius 3 is 2.67 bits per heavy atom. The van der Waals surface area contributed by atoms with E-state index in [0.29, 0.717) is 40.8 Å². The molecule has 0 radical (unpaired) electrons. The van der Waals surface area contributed by atoms with Crippen LogP contribution in [0.3, 0.4) is 0 Å². The normalized spacial score (nSPS) is 13.6. The van der Waals surface area contributed by atoms with Crippen molar-refractivity contribution in [2.45, 2.75) is 32.7 Å². The summed E-state index contributed by atoms with van der Waals surface area (Å²) in [6.45, 7) is 6.07. The molecule has 4 heterocycles. The molecule has 0 spiro atoms. The highest BCUT2D eigenvalue weighted by Gasteiger charge is 2.19. The molecule has 1 saturated heterocycles. The van der Waals surface area contributed by atoms with Crippen LogP contribution in [0.15, 0.2) is 65.4 Å². The summed E-state index contributed by atoms with van der Waals surface area (Å²) < 4.78 is 12.7. The lowest BCUT2D eigenvalue weighted by Gasteiger charge is -2.14. The first-order valence-corrected chi connectivity index (χ1v) is 13.4. The molecule has 0 unspecified atom stereocenters. The van der Waals surface area contributed by atoms with Crippen LogP contribution in [0, 0.1) is 0 Å². The van der Waals surface area contributed by atoms with Gasteiger partial charge in [0.2, 0.25) is 5.88 Å². The average molecular weight is 539 g/mol. The molecule has 204 valence electrons. The van der Waals surface area contributed by atoms with Gasteiger partial charge in [0.15, 0.2) is 17.3 Å². The smallest absolute Gasteiger partial charge is 0.255 e. The number of fused-ring (bicyclic) bond motifs is 1. The van der Waals surface area contributed by atoms with E-state index in [1.807, 2.05) is 23.6 Å². The molecule has 1 aliphatic heterocycles. The number of amides is 1. The van der Waals surface area contributed by atoms with Crippen molar-refractivity contribution in [1.82, 2.24) is 29.7 Å². The Balaban J connectivity index is 1.14. The number of ether oxygens (including phenoxy) is 1. The van der Waals surface area contributed by atoms with Crippen molar-refractivity contribution in [3.8, 4) is 23.1 Å². The number of likely N-dealkylation sites (tertiary alicyclic amines) is 1. The van der Waals surface area contributed by atoms with E-state index in [-0.39, 0.29) is 11.7 Å². The van der Waals surface area contributed by atoms with E-state index in [4.69, 9.17) is 15.1 Å². The number of hydrogen-bond acceptors (Lipinski definition) is 9. The summed E-state index contributed by atoms with van der Waals surface area (Å²) in [6.07, 6.45) is 5.23. The first kappa shape index (κ1) is 25.5. The van der Waals surface area contributed by atoms with Crippen LogP contribution in [0.1, 0.15) is 35.7 Å². The molecule has 0 saturated carbocycles. The SMILES string of the molecule is CCn1c(-c2nonc2N)nc2cnc(Oc3cccc(C(=O)Nc4ccc(CCN5CCCC5)cc4)c3)cc21. The lowest BCUT2D eigenvalue weighted by molar-refractivity contribution is 0.102. The second-order valence-electron chi connectivity index (χ2n) is 9.77. The maximum absolute atomic E-state index is 13.0. The molecule has 11 heteroatoms. The van der Waals surface area contributed by atoms with Gasteiger partial charge in [0.05, 0.1) is 11.7 Å². The van der Waals surface area contributed by atoms with Gasteiger partial charge in [-0.15, -0.1) is 0 Å². The van der Waals surface area contributed by atoms with Gasteiger partial charge in [-0.25, -0.2) is 14.6 Å². The number of hydrogen-bond donors (Lipinski definition) is 2. The van der Waals surface area contributed by atoms with Gasteiger partial charge in [-0.1, -0.05) is 18.2 Å². The zero-order valence-corrected chi connectivity index (χ0v) is 22.2. The number of aryl methyl sites for hydroxylation is 1. The second kappa shape index (κ2) is 11.1. The van der Waals surface area contributed by atoms with Crippen molar-refractivity contribution in [2.75, 3.05) is 30.7 Å².